The number of likely N-dealkylation sites (N-methyl/N-ethyl adjacent to an activating group) is 1. The lowest BCUT2D eigenvalue weighted by molar-refractivity contribution is -0.140. The second-order valence-corrected chi connectivity index (χ2v) is 8.85. The summed E-state index contributed by atoms with van der Waals surface area (Å²) in [6, 6.07) is 8.01. The summed E-state index contributed by atoms with van der Waals surface area (Å²) in [5, 5.41) is 0. The van der Waals surface area contributed by atoms with Crippen molar-refractivity contribution >= 4 is 17.4 Å². The van der Waals surface area contributed by atoms with E-state index in [9.17, 15) is 9.59 Å². The zero-order chi connectivity index (χ0) is 18.3. The van der Waals surface area contributed by atoms with Crippen molar-refractivity contribution in [3.63, 3.8) is 0 Å². The summed E-state index contributed by atoms with van der Waals surface area (Å²) in [6.07, 6.45) is 3.88. The fourth-order valence-corrected chi connectivity index (χ4v) is 6.64. The van der Waals surface area contributed by atoms with Crippen LogP contribution in [0.25, 0.3) is 0 Å². The van der Waals surface area contributed by atoms with Gasteiger partial charge in [-0.2, -0.15) is 0 Å². The number of anilines is 1. The van der Waals surface area contributed by atoms with Gasteiger partial charge in [0.2, 0.25) is 5.91 Å². The second kappa shape index (κ2) is 5.30. The van der Waals surface area contributed by atoms with Crippen molar-refractivity contribution in [2.75, 3.05) is 31.6 Å². The standard InChI is InChI=1S/C22H24N2O3/c1-23-8-7-22-15-4-2-3-5-16(15)24-19(26)11-17-20(21(22)24)14(10-18(22)25)13(12-23)6-9-27-17/h2-6,14,17,20-21H,7-12H2,1H3/t14-,17-,20+,21-,22+/m0/s1. The fraction of sp³-hybridized carbons (Fsp3) is 0.545. The first-order valence-electron chi connectivity index (χ1n) is 10.1. The summed E-state index contributed by atoms with van der Waals surface area (Å²) < 4.78 is 6.20. The molecular formula is C22H24N2O3. The van der Waals surface area contributed by atoms with Gasteiger partial charge < -0.3 is 14.5 Å². The molecule has 4 fully saturated rings. The monoisotopic (exact) mass is 364 g/mol. The van der Waals surface area contributed by atoms with Crippen molar-refractivity contribution in [1.29, 1.82) is 0 Å². The Bertz CT molecular complexity index is 893. The molecule has 4 bridgehead atoms. The van der Waals surface area contributed by atoms with Crippen molar-refractivity contribution < 1.29 is 14.3 Å². The van der Waals surface area contributed by atoms with Gasteiger partial charge in [0.15, 0.2) is 0 Å². The van der Waals surface area contributed by atoms with Gasteiger partial charge in [-0.3, -0.25) is 9.59 Å². The Hall–Kier alpha value is -1.98. The van der Waals surface area contributed by atoms with Gasteiger partial charge in [-0.15, -0.1) is 0 Å². The average molecular weight is 364 g/mol. The van der Waals surface area contributed by atoms with Crippen molar-refractivity contribution in [3.8, 4) is 0 Å². The molecule has 27 heavy (non-hydrogen) atoms. The Labute approximate surface area is 159 Å². The number of amides is 1. The van der Waals surface area contributed by atoms with Crippen LogP contribution in [0.1, 0.15) is 24.8 Å². The maximum absolute atomic E-state index is 13.8. The van der Waals surface area contributed by atoms with Crippen LogP contribution < -0.4 is 4.90 Å². The first-order chi connectivity index (χ1) is 13.1. The van der Waals surface area contributed by atoms with Crippen molar-refractivity contribution in [2.45, 2.75) is 36.8 Å². The highest BCUT2D eigenvalue weighted by Gasteiger charge is 2.67. The van der Waals surface area contributed by atoms with Crippen molar-refractivity contribution in [2.24, 2.45) is 11.8 Å². The van der Waals surface area contributed by atoms with Gasteiger partial charge in [0, 0.05) is 24.6 Å². The number of hydrogen-bond acceptors (Lipinski definition) is 4. The largest absolute Gasteiger partial charge is 0.373 e. The highest BCUT2D eigenvalue weighted by atomic mass is 16.5. The van der Waals surface area contributed by atoms with E-state index < -0.39 is 5.41 Å². The molecule has 1 aromatic rings. The Morgan fingerprint density at radius 3 is 2.93 bits per heavy atom. The van der Waals surface area contributed by atoms with Crippen LogP contribution in [0.2, 0.25) is 0 Å². The van der Waals surface area contributed by atoms with E-state index in [1.807, 2.05) is 23.1 Å². The topological polar surface area (TPSA) is 49.9 Å². The van der Waals surface area contributed by atoms with Crippen LogP contribution in [0, 0.1) is 11.8 Å². The maximum Gasteiger partial charge on any atom is 0.229 e. The minimum atomic E-state index is -0.580. The number of rotatable bonds is 0. The zero-order valence-corrected chi connectivity index (χ0v) is 15.6. The molecule has 1 spiro atoms. The van der Waals surface area contributed by atoms with E-state index in [1.54, 1.807) is 0 Å². The lowest BCUT2D eigenvalue weighted by atomic mass is 9.55. The number of ether oxygens (including phenoxy) is 1. The number of fused-ring (bicyclic) bond motifs is 6. The number of hydrogen-bond donors (Lipinski definition) is 0. The predicted octanol–water partition coefficient (Wildman–Crippen LogP) is 1.91. The van der Waals surface area contributed by atoms with E-state index >= 15 is 0 Å². The number of carbonyl (C=O) groups excluding carboxylic acids is 2. The minimum absolute atomic E-state index is 0.0808. The third kappa shape index (κ3) is 1.87. The lowest BCUT2D eigenvalue weighted by Gasteiger charge is -2.53. The summed E-state index contributed by atoms with van der Waals surface area (Å²) in [7, 11) is 2.14. The van der Waals surface area contributed by atoms with E-state index in [4.69, 9.17) is 4.74 Å². The van der Waals surface area contributed by atoms with E-state index in [0.29, 0.717) is 25.2 Å². The molecule has 1 amide bonds. The predicted molar refractivity (Wildman–Crippen MR) is 101 cm³/mol. The quantitative estimate of drug-likeness (QED) is 0.660. The normalized spacial score (nSPS) is 40.0. The molecule has 1 aromatic carbocycles. The number of para-hydroxylation sites is 1. The van der Waals surface area contributed by atoms with Crippen LogP contribution in [-0.4, -0.2) is 55.5 Å². The van der Waals surface area contributed by atoms with E-state index in [1.165, 1.54) is 5.57 Å². The summed E-state index contributed by atoms with van der Waals surface area (Å²) in [5.41, 5.74) is 2.78. The van der Waals surface area contributed by atoms with Gasteiger partial charge in [0.05, 0.1) is 30.6 Å². The second-order valence-electron chi connectivity index (χ2n) is 8.85. The number of piperidine rings is 1. The van der Waals surface area contributed by atoms with Gasteiger partial charge in [-0.1, -0.05) is 29.8 Å². The summed E-state index contributed by atoms with van der Waals surface area (Å²) in [4.78, 5) is 31.3. The third-order valence-electron chi connectivity index (χ3n) is 7.71. The van der Waals surface area contributed by atoms with Crippen LogP contribution in [0.5, 0.6) is 0 Å². The van der Waals surface area contributed by atoms with Gasteiger partial charge >= 0.3 is 0 Å². The van der Waals surface area contributed by atoms with Crippen LogP contribution >= 0.6 is 0 Å². The first kappa shape index (κ1) is 16.0. The molecular weight excluding hydrogens is 340 g/mol. The van der Waals surface area contributed by atoms with Gasteiger partial charge in [-0.25, -0.2) is 0 Å². The van der Waals surface area contributed by atoms with Gasteiger partial charge in [-0.05, 0) is 37.6 Å². The molecule has 5 aliphatic heterocycles. The molecule has 7 rings (SSSR count). The van der Waals surface area contributed by atoms with Crippen molar-refractivity contribution in [3.05, 3.63) is 41.5 Å². The molecule has 140 valence electrons. The Balaban J connectivity index is 1.66. The van der Waals surface area contributed by atoms with Crippen LogP contribution in [0.15, 0.2) is 35.9 Å². The Morgan fingerprint density at radius 1 is 1.19 bits per heavy atom. The summed E-state index contributed by atoms with van der Waals surface area (Å²) in [5.74, 6) is 0.821. The van der Waals surface area contributed by atoms with Crippen molar-refractivity contribution in [1.82, 2.24) is 4.90 Å². The van der Waals surface area contributed by atoms with Crippen LogP contribution in [-0.2, 0) is 19.7 Å². The summed E-state index contributed by atoms with van der Waals surface area (Å²) >= 11 is 0. The average Bonchev–Trinajstić information content (AvgIpc) is 2.90. The highest BCUT2D eigenvalue weighted by molar-refractivity contribution is 6.06. The van der Waals surface area contributed by atoms with E-state index in [-0.39, 0.29) is 29.9 Å². The first-order valence-corrected chi connectivity index (χ1v) is 10.1. The molecule has 3 saturated heterocycles. The minimum Gasteiger partial charge on any atom is -0.373 e. The van der Waals surface area contributed by atoms with E-state index in [0.717, 1.165) is 30.8 Å². The number of carbonyl (C=O) groups is 2. The highest BCUT2D eigenvalue weighted by Crippen LogP contribution is 2.60. The SMILES string of the molecule is CN1CC[C@]23C(=O)C[C@H]4C(=CCO[C@H]5CC(=O)N(c6ccccc62)[C@H]3[C@@H]54)C1. The maximum atomic E-state index is 13.8. The molecule has 6 aliphatic rings. The number of benzene rings is 1. The molecule has 1 aliphatic carbocycles. The fourth-order valence-electron chi connectivity index (χ4n) is 6.64. The Morgan fingerprint density at radius 2 is 2.04 bits per heavy atom. The number of Topliss-reactive ketones (excluding diaryl/α,β-unsaturated/α-hetero) is 1. The molecule has 0 N–H and O–H groups in total. The van der Waals surface area contributed by atoms with Crippen LogP contribution in [0.4, 0.5) is 5.69 Å². The summed E-state index contributed by atoms with van der Waals surface area (Å²) in [6.45, 7) is 2.30. The molecule has 5 atom stereocenters. The van der Waals surface area contributed by atoms with E-state index in [2.05, 4.69) is 24.1 Å². The van der Waals surface area contributed by atoms with Gasteiger partial charge in [0.25, 0.3) is 0 Å². The smallest absolute Gasteiger partial charge is 0.229 e. The zero-order valence-electron chi connectivity index (χ0n) is 15.6. The number of ketones is 1. The third-order valence-corrected chi connectivity index (χ3v) is 7.71. The molecule has 1 saturated carbocycles. The molecule has 0 unspecified atom stereocenters. The molecule has 0 radical (unpaired) electrons. The number of nitrogens with zero attached hydrogens (tertiary/aromatic N) is 2. The lowest BCUT2D eigenvalue weighted by Crippen LogP contribution is -2.66. The molecule has 0 aromatic heterocycles. The van der Waals surface area contributed by atoms with Crippen LogP contribution in [0.3, 0.4) is 0 Å². The Kier molecular flexibility index (Phi) is 3.14. The molecule has 5 heteroatoms. The van der Waals surface area contributed by atoms with Gasteiger partial charge in [0.1, 0.15) is 5.78 Å². The molecule has 5 heterocycles. The molecule has 5 nitrogen and oxygen atoms in total.